The van der Waals surface area contributed by atoms with E-state index in [0.29, 0.717) is 42.5 Å². The Bertz CT molecular complexity index is 1390. The number of urea groups is 1. The van der Waals surface area contributed by atoms with Gasteiger partial charge in [-0.3, -0.25) is 0 Å². The van der Waals surface area contributed by atoms with Crippen LogP contribution in [0.15, 0.2) is 77.7 Å². The Labute approximate surface area is 224 Å². The molecule has 0 aromatic heterocycles. The molecule has 8 nitrogen and oxygen atoms in total. The van der Waals surface area contributed by atoms with Gasteiger partial charge in [-0.25, -0.2) is 18.0 Å². The molecule has 1 aliphatic carbocycles. The number of carbonyl (C=O) groups excluding carboxylic acids is 2. The second-order valence-electron chi connectivity index (χ2n) is 9.33. The van der Waals surface area contributed by atoms with Crippen molar-refractivity contribution in [2.75, 3.05) is 18.9 Å². The lowest BCUT2D eigenvalue weighted by Crippen LogP contribution is -2.33. The maximum atomic E-state index is 13.0. The maximum absolute atomic E-state index is 13.0. The van der Waals surface area contributed by atoms with Crippen LogP contribution in [0.3, 0.4) is 0 Å². The summed E-state index contributed by atoms with van der Waals surface area (Å²) in [6, 6.07) is 21.0. The van der Waals surface area contributed by atoms with Crippen molar-refractivity contribution in [3.05, 3.63) is 89.5 Å². The third-order valence-electron chi connectivity index (χ3n) is 6.25. The Morgan fingerprint density at radius 3 is 2.45 bits per heavy atom. The minimum Gasteiger partial charge on any atom is -0.445 e. The normalized spacial score (nSPS) is 13.0. The second kappa shape index (κ2) is 12.2. The van der Waals surface area contributed by atoms with Crippen LogP contribution in [0.2, 0.25) is 0 Å². The zero-order valence-electron chi connectivity index (χ0n) is 21.2. The van der Waals surface area contributed by atoms with E-state index >= 15 is 0 Å². The summed E-state index contributed by atoms with van der Waals surface area (Å²) in [6.45, 7) is 0.493. The number of likely N-dealkylation sites (N-methyl/N-ethyl adjacent to an activating group) is 1. The van der Waals surface area contributed by atoms with E-state index in [-0.39, 0.29) is 24.1 Å². The van der Waals surface area contributed by atoms with E-state index in [1.807, 2.05) is 54.6 Å². The van der Waals surface area contributed by atoms with Gasteiger partial charge < -0.3 is 20.3 Å². The Morgan fingerprint density at radius 1 is 1.00 bits per heavy atom. The van der Waals surface area contributed by atoms with E-state index in [1.165, 1.54) is 11.0 Å². The molecule has 3 aromatic rings. The average Bonchev–Trinajstić information content (AvgIpc) is 3.76. The molecule has 2 N–H and O–H groups in total. The number of rotatable bonds is 10. The highest BCUT2D eigenvalue weighted by Gasteiger charge is 2.38. The minimum atomic E-state index is -3.53. The lowest BCUT2D eigenvalue weighted by Gasteiger charge is -2.19. The molecule has 0 bridgehead atoms. The highest BCUT2D eigenvalue weighted by molar-refractivity contribution is 7.92. The Kier molecular flexibility index (Phi) is 8.73. The third kappa shape index (κ3) is 7.38. The molecular weight excluding hydrogens is 501 g/mol. The summed E-state index contributed by atoms with van der Waals surface area (Å²) in [7, 11) is 3.97. The fourth-order valence-electron chi connectivity index (χ4n) is 3.94. The van der Waals surface area contributed by atoms with E-state index in [1.54, 1.807) is 19.2 Å². The molecule has 3 aromatic carbocycles. The number of nitrogens with zero attached hydrogens (tertiary/aromatic N) is 1. The largest absolute Gasteiger partial charge is 0.445 e. The van der Waals surface area contributed by atoms with E-state index in [9.17, 15) is 18.0 Å². The van der Waals surface area contributed by atoms with Crippen LogP contribution < -0.4 is 16.1 Å². The lowest BCUT2D eigenvalue weighted by molar-refractivity contribution is 0.139. The third-order valence-corrected chi connectivity index (χ3v) is 8.61. The molecule has 10 heteroatoms. The molecule has 38 heavy (non-hydrogen) atoms. The average molecular weight is 531 g/mol. The van der Waals surface area contributed by atoms with Crippen LogP contribution >= 0.6 is 0 Å². The first kappa shape index (κ1) is 27.3. The van der Waals surface area contributed by atoms with Gasteiger partial charge in [-0.1, -0.05) is 60.1 Å². The van der Waals surface area contributed by atoms with Crippen molar-refractivity contribution in [3.8, 4) is 0 Å². The number of hydrogen-bond acceptors (Lipinski definition) is 5. The van der Waals surface area contributed by atoms with Crippen LogP contribution in [0.1, 0.15) is 29.5 Å². The van der Waals surface area contributed by atoms with Crippen molar-refractivity contribution in [1.29, 1.82) is 0 Å². The van der Waals surface area contributed by atoms with Crippen molar-refractivity contribution >= 4 is 41.0 Å². The van der Waals surface area contributed by atoms with Gasteiger partial charge in [-0.05, 0) is 54.2 Å². The van der Waals surface area contributed by atoms with E-state index in [0.717, 1.165) is 11.1 Å². The minimum absolute atomic E-state index is 0.0656. The number of nitrogens with one attached hydrogen (secondary N) is 2. The molecule has 3 amide bonds. The van der Waals surface area contributed by atoms with Gasteiger partial charge >= 0.3 is 12.1 Å². The van der Waals surface area contributed by atoms with Gasteiger partial charge in [0.25, 0.3) is 0 Å². The molecule has 0 heterocycles. The summed E-state index contributed by atoms with van der Waals surface area (Å²) >= 11 is 0. The van der Waals surface area contributed by atoms with Crippen LogP contribution in [0.4, 0.5) is 15.3 Å². The number of alkyl carbamates (subject to hydrolysis) is 1. The van der Waals surface area contributed by atoms with Crippen LogP contribution in [-0.4, -0.2) is 52.1 Å². The predicted octanol–water partition coefficient (Wildman–Crippen LogP) is 3.55. The van der Waals surface area contributed by atoms with Gasteiger partial charge in [0, 0.05) is 25.8 Å². The van der Waals surface area contributed by atoms with Crippen LogP contribution in [0.5, 0.6) is 0 Å². The molecule has 1 aliphatic rings. The first-order valence-corrected chi connectivity index (χ1v) is 13.9. The standard InChI is InChI=1S/C28H30BN3O5S/c1-32(15-14-20-8-5-9-23(29)16-20)27(33)31-24-10-13-26(38(35,36)25-11-12-25)22(17-24)18-30-28(34)37-19-21-6-3-2-4-7-21/h2-10,13,16-17,25H,11-12,14-15,18-19H2,1H3,(H,30,34)(H,31,33). The number of ether oxygens (including phenoxy) is 1. The number of sulfone groups is 1. The molecule has 4 rings (SSSR count). The van der Waals surface area contributed by atoms with Crippen molar-refractivity contribution < 1.29 is 22.7 Å². The number of carbonyl (C=O) groups is 2. The fraction of sp³-hybridized carbons (Fsp3) is 0.286. The summed E-state index contributed by atoms with van der Waals surface area (Å²) in [6.07, 6.45) is 1.20. The summed E-state index contributed by atoms with van der Waals surface area (Å²) in [5, 5.41) is 5.03. The lowest BCUT2D eigenvalue weighted by atomic mass is 9.94. The summed E-state index contributed by atoms with van der Waals surface area (Å²) in [5.41, 5.74) is 3.33. The van der Waals surface area contributed by atoms with Gasteiger partial charge in [0.05, 0.1) is 10.1 Å². The molecule has 1 saturated carbocycles. The maximum Gasteiger partial charge on any atom is 0.407 e. The van der Waals surface area contributed by atoms with Gasteiger partial charge in [-0.2, -0.15) is 0 Å². The number of benzene rings is 3. The molecule has 196 valence electrons. The highest BCUT2D eigenvalue weighted by Crippen LogP contribution is 2.35. The van der Waals surface area contributed by atoms with Crippen LogP contribution in [-0.2, 0) is 34.1 Å². The zero-order chi connectivity index (χ0) is 27.1. The summed E-state index contributed by atoms with van der Waals surface area (Å²) in [4.78, 5) is 26.8. The molecule has 2 radical (unpaired) electrons. The number of amides is 3. The molecule has 1 fully saturated rings. The topological polar surface area (TPSA) is 105 Å². The SMILES string of the molecule is [B]c1cccc(CCN(C)C(=O)Nc2ccc(S(=O)(=O)C3CC3)c(CNC(=O)OCc3ccccc3)c2)c1. The van der Waals surface area contributed by atoms with E-state index in [2.05, 4.69) is 10.6 Å². The van der Waals surface area contributed by atoms with Crippen molar-refractivity contribution in [2.45, 2.75) is 42.6 Å². The van der Waals surface area contributed by atoms with E-state index < -0.39 is 21.2 Å². The fourth-order valence-corrected chi connectivity index (χ4v) is 5.81. The van der Waals surface area contributed by atoms with Crippen molar-refractivity contribution in [3.63, 3.8) is 0 Å². The molecule has 0 saturated heterocycles. The van der Waals surface area contributed by atoms with Crippen LogP contribution in [0, 0.1) is 0 Å². The molecule has 0 spiro atoms. The monoisotopic (exact) mass is 531 g/mol. The Morgan fingerprint density at radius 2 is 1.74 bits per heavy atom. The van der Waals surface area contributed by atoms with Gasteiger partial charge in [-0.15, -0.1) is 0 Å². The molecular formula is C28H30BN3O5S. The smallest absolute Gasteiger partial charge is 0.407 e. The second-order valence-corrected chi connectivity index (χ2v) is 11.5. The van der Waals surface area contributed by atoms with Crippen LogP contribution in [0.25, 0.3) is 0 Å². The zero-order valence-corrected chi connectivity index (χ0v) is 22.0. The van der Waals surface area contributed by atoms with Gasteiger partial charge in [0.15, 0.2) is 9.84 Å². The number of hydrogen-bond donors (Lipinski definition) is 2. The summed E-state index contributed by atoms with van der Waals surface area (Å²) < 4.78 is 31.3. The predicted molar refractivity (Wildman–Crippen MR) is 147 cm³/mol. The first-order chi connectivity index (χ1) is 18.2. The highest BCUT2D eigenvalue weighted by atomic mass is 32.2. The van der Waals surface area contributed by atoms with Crippen molar-refractivity contribution in [1.82, 2.24) is 10.2 Å². The van der Waals surface area contributed by atoms with Gasteiger partial charge in [0.2, 0.25) is 0 Å². The quantitative estimate of drug-likeness (QED) is 0.390. The Balaban J connectivity index is 1.41. The van der Waals surface area contributed by atoms with Crippen molar-refractivity contribution in [2.24, 2.45) is 0 Å². The number of anilines is 1. The summed E-state index contributed by atoms with van der Waals surface area (Å²) in [5.74, 6) is 0. The Hall–Kier alpha value is -3.79. The molecule has 0 unspecified atom stereocenters. The van der Waals surface area contributed by atoms with Gasteiger partial charge in [0.1, 0.15) is 14.5 Å². The van der Waals surface area contributed by atoms with E-state index in [4.69, 9.17) is 12.6 Å². The molecule has 0 aliphatic heterocycles. The molecule has 0 atom stereocenters. The first-order valence-electron chi connectivity index (χ1n) is 12.4.